The smallest absolute Gasteiger partial charge is 0.324 e. The SMILES string of the molecule is O=C(NS)NCc1cccc(Cl)c1. The molecule has 0 aliphatic heterocycles. The van der Waals surface area contributed by atoms with Crippen LogP contribution >= 0.6 is 24.4 Å². The summed E-state index contributed by atoms with van der Waals surface area (Å²) in [6, 6.07) is 6.95. The minimum atomic E-state index is -0.330. The molecular formula is C8H9ClN2OS. The second-order valence-corrected chi connectivity index (χ2v) is 3.08. The number of halogens is 1. The van der Waals surface area contributed by atoms with Crippen molar-refractivity contribution in [2.45, 2.75) is 6.54 Å². The van der Waals surface area contributed by atoms with Crippen molar-refractivity contribution in [2.75, 3.05) is 0 Å². The molecule has 1 rings (SSSR count). The van der Waals surface area contributed by atoms with E-state index in [2.05, 4.69) is 22.9 Å². The molecule has 1 aromatic carbocycles. The summed E-state index contributed by atoms with van der Waals surface area (Å²) in [6.45, 7) is 0.437. The van der Waals surface area contributed by atoms with E-state index in [1.807, 2.05) is 12.1 Å². The lowest BCUT2D eigenvalue weighted by Gasteiger charge is -2.03. The minimum Gasteiger partial charge on any atom is -0.333 e. The van der Waals surface area contributed by atoms with Gasteiger partial charge in [0.2, 0.25) is 0 Å². The van der Waals surface area contributed by atoms with Crippen LogP contribution in [0.3, 0.4) is 0 Å². The van der Waals surface area contributed by atoms with Gasteiger partial charge in [-0.25, -0.2) is 4.79 Å². The van der Waals surface area contributed by atoms with Gasteiger partial charge in [0.1, 0.15) is 0 Å². The normalized spacial score (nSPS) is 9.38. The molecule has 5 heteroatoms. The molecule has 0 aliphatic carbocycles. The van der Waals surface area contributed by atoms with Crippen LogP contribution in [0.1, 0.15) is 5.56 Å². The van der Waals surface area contributed by atoms with E-state index in [9.17, 15) is 4.79 Å². The third-order valence-electron chi connectivity index (χ3n) is 1.44. The predicted molar refractivity (Wildman–Crippen MR) is 55.8 cm³/mol. The van der Waals surface area contributed by atoms with E-state index < -0.39 is 0 Å². The van der Waals surface area contributed by atoms with Crippen molar-refractivity contribution in [3.8, 4) is 0 Å². The molecule has 0 spiro atoms. The summed E-state index contributed by atoms with van der Waals surface area (Å²) in [5.74, 6) is 0. The zero-order valence-electron chi connectivity index (χ0n) is 6.75. The summed E-state index contributed by atoms with van der Waals surface area (Å²) in [5.41, 5.74) is 0.949. The highest BCUT2D eigenvalue weighted by Crippen LogP contribution is 2.09. The van der Waals surface area contributed by atoms with Crippen LogP contribution in [0.5, 0.6) is 0 Å². The quantitative estimate of drug-likeness (QED) is 0.651. The molecular weight excluding hydrogens is 208 g/mol. The van der Waals surface area contributed by atoms with Crippen molar-refractivity contribution in [3.63, 3.8) is 0 Å². The van der Waals surface area contributed by atoms with Gasteiger partial charge < -0.3 is 5.32 Å². The fourth-order valence-corrected chi connectivity index (χ4v) is 1.16. The number of urea groups is 1. The standard InChI is InChI=1S/C8H9ClN2OS/c9-7-3-1-2-6(4-7)5-10-8(12)11-13/h1-4,13H,5H2,(H2,10,11,12). The monoisotopic (exact) mass is 216 g/mol. The van der Waals surface area contributed by atoms with E-state index >= 15 is 0 Å². The number of amides is 2. The summed E-state index contributed by atoms with van der Waals surface area (Å²) in [6.07, 6.45) is 0. The summed E-state index contributed by atoms with van der Waals surface area (Å²) in [5, 5.41) is 3.25. The molecule has 0 atom stereocenters. The Morgan fingerprint density at radius 2 is 2.31 bits per heavy atom. The first-order chi connectivity index (χ1) is 6.22. The molecule has 0 aliphatic rings. The van der Waals surface area contributed by atoms with Crippen molar-refractivity contribution in [1.29, 1.82) is 0 Å². The number of carbonyl (C=O) groups excluding carboxylic acids is 1. The van der Waals surface area contributed by atoms with Crippen LogP contribution < -0.4 is 10.0 Å². The highest BCUT2D eigenvalue weighted by molar-refractivity contribution is 7.78. The van der Waals surface area contributed by atoms with Gasteiger partial charge in [0.15, 0.2) is 0 Å². The first kappa shape index (κ1) is 10.2. The van der Waals surface area contributed by atoms with Gasteiger partial charge in [-0.3, -0.25) is 4.72 Å². The minimum absolute atomic E-state index is 0.330. The topological polar surface area (TPSA) is 41.1 Å². The van der Waals surface area contributed by atoms with E-state index in [-0.39, 0.29) is 6.03 Å². The fourth-order valence-electron chi connectivity index (χ4n) is 0.869. The number of hydrogen-bond acceptors (Lipinski definition) is 2. The average Bonchev–Trinajstić information content (AvgIpc) is 2.14. The van der Waals surface area contributed by atoms with Gasteiger partial charge in [-0.15, -0.1) is 0 Å². The van der Waals surface area contributed by atoms with E-state index in [0.717, 1.165) is 5.56 Å². The van der Waals surface area contributed by atoms with Crippen LogP contribution in [0.4, 0.5) is 4.79 Å². The zero-order chi connectivity index (χ0) is 9.68. The van der Waals surface area contributed by atoms with Crippen LogP contribution in [-0.4, -0.2) is 6.03 Å². The van der Waals surface area contributed by atoms with E-state index in [1.54, 1.807) is 12.1 Å². The highest BCUT2D eigenvalue weighted by atomic mass is 35.5. The molecule has 2 amide bonds. The Kier molecular flexibility index (Phi) is 3.92. The first-order valence-electron chi connectivity index (χ1n) is 3.65. The van der Waals surface area contributed by atoms with E-state index in [4.69, 9.17) is 11.6 Å². The largest absolute Gasteiger partial charge is 0.333 e. The van der Waals surface area contributed by atoms with E-state index in [0.29, 0.717) is 11.6 Å². The van der Waals surface area contributed by atoms with Crippen LogP contribution in [0.25, 0.3) is 0 Å². The Balaban J connectivity index is 2.50. The van der Waals surface area contributed by atoms with Crippen molar-refractivity contribution >= 4 is 30.4 Å². The third-order valence-corrected chi connectivity index (χ3v) is 1.88. The Labute approximate surface area is 87.0 Å². The lowest BCUT2D eigenvalue weighted by molar-refractivity contribution is 0.246. The number of rotatable bonds is 2. The predicted octanol–water partition coefficient (Wildman–Crippen LogP) is 1.98. The Morgan fingerprint density at radius 1 is 1.54 bits per heavy atom. The van der Waals surface area contributed by atoms with Crippen molar-refractivity contribution < 1.29 is 4.79 Å². The molecule has 0 saturated carbocycles. The highest BCUT2D eigenvalue weighted by Gasteiger charge is 1.97. The molecule has 0 fully saturated rings. The molecule has 0 aromatic heterocycles. The van der Waals surface area contributed by atoms with Crippen LogP contribution in [0, 0.1) is 0 Å². The molecule has 13 heavy (non-hydrogen) atoms. The Morgan fingerprint density at radius 3 is 2.92 bits per heavy atom. The third kappa shape index (κ3) is 3.57. The second kappa shape index (κ2) is 4.99. The lowest BCUT2D eigenvalue weighted by atomic mass is 10.2. The molecule has 0 radical (unpaired) electrons. The van der Waals surface area contributed by atoms with Gasteiger partial charge in [0.05, 0.1) is 0 Å². The molecule has 0 saturated heterocycles. The maximum absolute atomic E-state index is 10.7. The van der Waals surface area contributed by atoms with Gasteiger partial charge in [0.25, 0.3) is 0 Å². The maximum Gasteiger partial charge on any atom is 0.324 e. The van der Waals surface area contributed by atoms with E-state index in [1.165, 1.54) is 0 Å². The van der Waals surface area contributed by atoms with Gasteiger partial charge in [-0.05, 0) is 17.7 Å². The van der Waals surface area contributed by atoms with Crippen molar-refractivity contribution in [3.05, 3.63) is 34.9 Å². The number of carbonyl (C=O) groups is 1. The molecule has 0 unspecified atom stereocenters. The summed E-state index contributed by atoms with van der Waals surface area (Å²) in [4.78, 5) is 10.7. The average molecular weight is 217 g/mol. The van der Waals surface area contributed by atoms with Gasteiger partial charge >= 0.3 is 6.03 Å². The fraction of sp³-hybridized carbons (Fsp3) is 0.125. The molecule has 0 bridgehead atoms. The first-order valence-corrected chi connectivity index (χ1v) is 4.47. The Hall–Kier alpha value is -0.870. The van der Waals surface area contributed by atoms with Gasteiger partial charge in [0, 0.05) is 11.6 Å². The van der Waals surface area contributed by atoms with Crippen LogP contribution in [0.2, 0.25) is 5.02 Å². The zero-order valence-corrected chi connectivity index (χ0v) is 8.40. The maximum atomic E-state index is 10.7. The molecule has 0 heterocycles. The van der Waals surface area contributed by atoms with Crippen LogP contribution in [-0.2, 0) is 6.54 Å². The van der Waals surface area contributed by atoms with Crippen LogP contribution in [0.15, 0.2) is 24.3 Å². The van der Waals surface area contributed by atoms with Crippen molar-refractivity contribution in [1.82, 2.24) is 10.0 Å². The second-order valence-electron chi connectivity index (χ2n) is 2.42. The summed E-state index contributed by atoms with van der Waals surface area (Å²) in [7, 11) is 0. The number of hydrogen-bond donors (Lipinski definition) is 3. The summed E-state index contributed by atoms with van der Waals surface area (Å²) < 4.78 is 2.16. The lowest BCUT2D eigenvalue weighted by Crippen LogP contribution is -2.29. The number of thiol groups is 1. The summed E-state index contributed by atoms with van der Waals surface area (Å²) >= 11 is 9.34. The number of benzene rings is 1. The molecule has 2 N–H and O–H groups in total. The number of nitrogens with one attached hydrogen (secondary N) is 2. The van der Waals surface area contributed by atoms with Gasteiger partial charge in [-0.2, -0.15) is 0 Å². The molecule has 70 valence electrons. The molecule has 3 nitrogen and oxygen atoms in total. The van der Waals surface area contributed by atoms with Gasteiger partial charge in [-0.1, -0.05) is 36.5 Å². The Bertz CT molecular complexity index is 306. The van der Waals surface area contributed by atoms with Crippen molar-refractivity contribution in [2.24, 2.45) is 0 Å². The molecule has 1 aromatic rings.